The minimum atomic E-state index is 0.396. The molecule has 142 valence electrons. The number of fused-ring (bicyclic) bond motifs is 3. The van der Waals surface area contributed by atoms with Crippen molar-refractivity contribution in [2.45, 2.75) is 60.8 Å². The third kappa shape index (κ3) is 5.81. The molecule has 0 unspecified atom stereocenters. The summed E-state index contributed by atoms with van der Waals surface area (Å²) in [5.74, 6) is 1.64. The molecule has 0 radical (unpaired) electrons. The van der Waals surface area contributed by atoms with E-state index in [9.17, 15) is 5.11 Å². The number of hydrogen-bond acceptors (Lipinski definition) is 2. The summed E-state index contributed by atoms with van der Waals surface area (Å²) >= 11 is 5.00. The van der Waals surface area contributed by atoms with Crippen molar-refractivity contribution in [3.8, 4) is 5.75 Å². The van der Waals surface area contributed by atoms with Crippen LogP contribution >= 0.6 is 11.6 Å². The summed E-state index contributed by atoms with van der Waals surface area (Å²) in [5.41, 5.74) is 3.90. The summed E-state index contributed by atoms with van der Waals surface area (Å²) in [7, 11) is 2.09. The number of hydrogen-bond donors (Lipinski definition) is 1. The van der Waals surface area contributed by atoms with Gasteiger partial charge in [0.25, 0.3) is 0 Å². The fourth-order valence-corrected chi connectivity index (χ4v) is 2.83. The van der Waals surface area contributed by atoms with E-state index in [1.54, 1.807) is 0 Å². The van der Waals surface area contributed by atoms with Gasteiger partial charge in [-0.1, -0.05) is 66.7 Å². The Labute approximate surface area is 159 Å². The molecule has 0 atom stereocenters. The smallest absolute Gasteiger partial charge is 0.125 e. The summed E-state index contributed by atoms with van der Waals surface area (Å²) in [6.45, 7) is 15.3. The molecule has 1 aliphatic heterocycles. The van der Waals surface area contributed by atoms with Gasteiger partial charge in [-0.05, 0) is 28.9 Å². The molecule has 0 amide bonds. The highest BCUT2D eigenvalue weighted by Gasteiger charge is 2.20. The second-order valence-corrected chi connectivity index (χ2v) is 6.33. The lowest BCUT2D eigenvalue weighted by Gasteiger charge is -2.15. The van der Waals surface area contributed by atoms with Crippen LogP contribution in [0.25, 0.3) is 10.8 Å². The van der Waals surface area contributed by atoms with Crippen molar-refractivity contribution in [2.75, 3.05) is 24.4 Å². The fraction of sp³-hybridized carbons (Fsp3) is 0.545. The average molecular weight is 366 g/mol. The van der Waals surface area contributed by atoms with Crippen molar-refractivity contribution in [3.05, 3.63) is 35.4 Å². The van der Waals surface area contributed by atoms with E-state index in [1.807, 2.05) is 40.7 Å². The first-order valence-electron chi connectivity index (χ1n) is 9.55. The van der Waals surface area contributed by atoms with Gasteiger partial charge in [0.05, 0.1) is 0 Å². The van der Waals surface area contributed by atoms with Gasteiger partial charge < -0.3 is 10.0 Å². The Morgan fingerprint density at radius 1 is 1.08 bits per heavy atom. The monoisotopic (exact) mass is 365 g/mol. The van der Waals surface area contributed by atoms with Crippen molar-refractivity contribution < 1.29 is 5.11 Å². The zero-order chi connectivity index (χ0) is 19.6. The molecule has 0 spiro atoms. The minimum Gasteiger partial charge on any atom is -0.507 e. The van der Waals surface area contributed by atoms with E-state index in [0.717, 1.165) is 24.2 Å². The number of phenols is 1. The Morgan fingerprint density at radius 3 is 2.16 bits per heavy atom. The van der Waals surface area contributed by atoms with Crippen molar-refractivity contribution >= 4 is 28.1 Å². The van der Waals surface area contributed by atoms with Gasteiger partial charge in [0.1, 0.15) is 5.75 Å². The molecule has 1 N–H and O–H groups in total. The van der Waals surface area contributed by atoms with E-state index in [0.29, 0.717) is 11.7 Å². The summed E-state index contributed by atoms with van der Waals surface area (Å²) in [5, 5.41) is 12.4. The van der Waals surface area contributed by atoms with Crippen molar-refractivity contribution in [1.29, 1.82) is 0 Å². The quantitative estimate of drug-likeness (QED) is 0.552. The molecule has 0 saturated carbocycles. The van der Waals surface area contributed by atoms with Gasteiger partial charge in [0, 0.05) is 36.6 Å². The van der Waals surface area contributed by atoms with E-state index in [-0.39, 0.29) is 0 Å². The third-order valence-electron chi connectivity index (χ3n) is 4.00. The fourth-order valence-electron chi connectivity index (χ4n) is 2.83. The van der Waals surface area contributed by atoms with Gasteiger partial charge in [0.2, 0.25) is 0 Å². The summed E-state index contributed by atoms with van der Waals surface area (Å²) in [4.78, 5) is 2.22. The van der Waals surface area contributed by atoms with Gasteiger partial charge in [0.15, 0.2) is 0 Å². The first-order chi connectivity index (χ1) is 12.0. The zero-order valence-electron chi connectivity index (χ0n) is 17.3. The van der Waals surface area contributed by atoms with E-state index < -0.39 is 0 Å². The first kappa shape index (κ1) is 23.6. The summed E-state index contributed by atoms with van der Waals surface area (Å²) in [6.07, 6.45) is 1.07. The molecule has 0 fully saturated rings. The molecule has 1 aliphatic rings. The number of nitrogens with zero attached hydrogens (tertiary/aromatic N) is 1. The van der Waals surface area contributed by atoms with Gasteiger partial charge >= 0.3 is 0 Å². The highest BCUT2D eigenvalue weighted by atomic mass is 35.5. The SMILES string of the molecule is CC.CC.CC(C)c1ccc2c(O)cc3c(c2c1)CCN3C.CCCl. The van der Waals surface area contributed by atoms with E-state index >= 15 is 0 Å². The molecule has 25 heavy (non-hydrogen) atoms. The Hall–Kier alpha value is -1.41. The number of anilines is 1. The largest absolute Gasteiger partial charge is 0.507 e. The van der Waals surface area contributed by atoms with Crippen LogP contribution in [0.5, 0.6) is 5.75 Å². The molecule has 2 nitrogen and oxygen atoms in total. The molecule has 0 bridgehead atoms. The maximum atomic E-state index is 10.2. The maximum absolute atomic E-state index is 10.2. The predicted octanol–water partition coefficient (Wildman–Crippen LogP) is 6.96. The number of benzene rings is 2. The predicted molar refractivity (Wildman–Crippen MR) is 116 cm³/mol. The molecular formula is C22H36ClNO. The van der Waals surface area contributed by atoms with E-state index in [2.05, 4.69) is 44.0 Å². The van der Waals surface area contributed by atoms with Gasteiger partial charge in [-0.15, -0.1) is 11.6 Å². The number of phenolic OH excluding ortho intramolecular Hbond substituents is 1. The van der Waals surface area contributed by atoms with E-state index in [4.69, 9.17) is 11.6 Å². The van der Waals surface area contributed by atoms with Crippen LogP contribution < -0.4 is 4.90 Å². The van der Waals surface area contributed by atoms with Crippen LogP contribution in [0.3, 0.4) is 0 Å². The van der Waals surface area contributed by atoms with Crippen LogP contribution in [-0.2, 0) is 6.42 Å². The van der Waals surface area contributed by atoms with Gasteiger partial charge in [-0.25, -0.2) is 0 Å². The normalized spacial score (nSPS) is 11.7. The lowest BCUT2D eigenvalue weighted by atomic mass is 9.95. The Kier molecular flexibility index (Phi) is 11.3. The third-order valence-corrected chi connectivity index (χ3v) is 4.00. The number of likely N-dealkylation sites (N-methyl/N-ethyl adjacent to an activating group) is 1. The minimum absolute atomic E-state index is 0.396. The lowest BCUT2D eigenvalue weighted by Crippen LogP contribution is -2.12. The molecule has 0 aliphatic carbocycles. The number of rotatable bonds is 1. The average Bonchev–Trinajstić information content (AvgIpc) is 3.00. The Morgan fingerprint density at radius 2 is 1.64 bits per heavy atom. The molecular weight excluding hydrogens is 330 g/mol. The second kappa shape index (κ2) is 12.0. The highest BCUT2D eigenvalue weighted by molar-refractivity contribution is 6.17. The van der Waals surface area contributed by atoms with Crippen LogP contribution in [-0.4, -0.2) is 24.6 Å². The van der Waals surface area contributed by atoms with E-state index in [1.165, 1.54) is 22.2 Å². The highest BCUT2D eigenvalue weighted by Crippen LogP contribution is 2.39. The molecule has 3 rings (SSSR count). The van der Waals surface area contributed by atoms with Crippen LogP contribution in [0.4, 0.5) is 5.69 Å². The van der Waals surface area contributed by atoms with Crippen molar-refractivity contribution in [1.82, 2.24) is 0 Å². The lowest BCUT2D eigenvalue weighted by molar-refractivity contribution is 0.481. The molecule has 1 heterocycles. The molecule has 0 saturated heterocycles. The molecule has 2 aromatic carbocycles. The molecule has 2 aromatic rings. The first-order valence-corrected chi connectivity index (χ1v) is 10.1. The summed E-state index contributed by atoms with van der Waals surface area (Å²) < 4.78 is 0. The van der Waals surface area contributed by atoms with Crippen LogP contribution in [0, 0.1) is 0 Å². The second-order valence-electron chi connectivity index (χ2n) is 5.79. The van der Waals surface area contributed by atoms with Crippen molar-refractivity contribution in [2.24, 2.45) is 0 Å². The Balaban J connectivity index is 0.000000728. The van der Waals surface area contributed by atoms with Gasteiger partial charge in [-0.3, -0.25) is 0 Å². The van der Waals surface area contributed by atoms with Crippen LogP contribution in [0.1, 0.15) is 65.5 Å². The topological polar surface area (TPSA) is 23.5 Å². The van der Waals surface area contributed by atoms with Crippen LogP contribution in [0.2, 0.25) is 0 Å². The zero-order valence-corrected chi connectivity index (χ0v) is 18.0. The Bertz CT molecular complexity index is 637. The standard InChI is InChI=1S/C16H19NO.C2H5Cl.2C2H6/c1-10(2)11-4-5-13-14(8-11)12-6-7-17(3)15(12)9-16(13)18;1-2-3;2*1-2/h4-5,8-10,18H,6-7H2,1-3H3;2H2,1H3;2*1-2H3. The maximum Gasteiger partial charge on any atom is 0.125 e. The molecule has 3 heteroatoms. The molecule has 0 aromatic heterocycles. The number of alkyl halides is 1. The summed E-state index contributed by atoms with van der Waals surface area (Å²) in [6, 6.07) is 8.33. The number of halogens is 1. The van der Waals surface area contributed by atoms with Gasteiger partial charge in [-0.2, -0.15) is 0 Å². The van der Waals surface area contributed by atoms with Crippen LogP contribution in [0.15, 0.2) is 24.3 Å². The van der Waals surface area contributed by atoms with Crippen molar-refractivity contribution in [3.63, 3.8) is 0 Å². The number of aromatic hydroxyl groups is 1.